The normalized spacial score (nSPS) is 13.5. The molecule has 8 heteroatoms. The first-order valence-corrected chi connectivity index (χ1v) is 12.7. The molecule has 0 spiro atoms. The molecule has 0 saturated heterocycles. The van der Waals surface area contributed by atoms with Gasteiger partial charge >= 0.3 is 0 Å². The van der Waals surface area contributed by atoms with Gasteiger partial charge < -0.3 is 15.2 Å². The summed E-state index contributed by atoms with van der Waals surface area (Å²) in [5, 5.41) is 3.75. The van der Waals surface area contributed by atoms with Crippen molar-refractivity contribution in [3.8, 4) is 0 Å². The fraction of sp³-hybridized carbons (Fsp3) is 0.435. The van der Waals surface area contributed by atoms with E-state index in [1.807, 2.05) is 18.2 Å². The molecule has 0 bridgehead atoms. The fourth-order valence-corrected chi connectivity index (χ4v) is 5.93. The van der Waals surface area contributed by atoms with Crippen molar-refractivity contribution < 1.29 is 4.79 Å². The van der Waals surface area contributed by atoms with Gasteiger partial charge in [-0.15, -0.1) is 23.1 Å². The summed E-state index contributed by atoms with van der Waals surface area (Å²) in [6, 6.07) is 10.3. The van der Waals surface area contributed by atoms with E-state index in [9.17, 15) is 9.59 Å². The number of thioether (sulfide) groups is 1. The number of aryl methyl sites for hydroxylation is 2. The highest BCUT2D eigenvalue weighted by atomic mass is 32.2. The number of nitrogens with one attached hydrogen (secondary N) is 2. The molecule has 164 valence electrons. The summed E-state index contributed by atoms with van der Waals surface area (Å²) in [6.07, 6.45) is 4.38. The minimum atomic E-state index is -0.0362. The summed E-state index contributed by atoms with van der Waals surface area (Å²) >= 11 is 3.13. The number of thiophene rings is 1. The Labute approximate surface area is 190 Å². The molecule has 0 aliphatic heterocycles. The van der Waals surface area contributed by atoms with Crippen molar-refractivity contribution in [1.82, 2.24) is 20.2 Å². The first-order valence-electron chi connectivity index (χ1n) is 10.7. The molecule has 6 nitrogen and oxygen atoms in total. The van der Waals surface area contributed by atoms with Gasteiger partial charge in [0.05, 0.1) is 16.9 Å². The average Bonchev–Trinajstić information content (AvgIpc) is 3.13. The van der Waals surface area contributed by atoms with Crippen molar-refractivity contribution in [1.29, 1.82) is 0 Å². The van der Waals surface area contributed by atoms with Gasteiger partial charge in [-0.1, -0.05) is 30.3 Å². The van der Waals surface area contributed by atoms with Crippen molar-refractivity contribution in [2.45, 2.75) is 38.0 Å². The van der Waals surface area contributed by atoms with Crippen LogP contribution >= 0.6 is 23.1 Å². The van der Waals surface area contributed by atoms with Crippen LogP contribution < -0.4 is 10.9 Å². The molecule has 2 heterocycles. The predicted octanol–water partition coefficient (Wildman–Crippen LogP) is 3.34. The minimum absolute atomic E-state index is 0.00752. The molecule has 0 atom stereocenters. The topological polar surface area (TPSA) is 78.1 Å². The van der Waals surface area contributed by atoms with Crippen LogP contribution in [0.1, 0.15) is 34.7 Å². The number of aromatic amines is 1. The van der Waals surface area contributed by atoms with Crippen LogP contribution in [0.5, 0.6) is 0 Å². The summed E-state index contributed by atoms with van der Waals surface area (Å²) in [5.41, 5.74) is 2.43. The number of likely N-dealkylation sites (N-methyl/N-ethyl adjacent to an activating group) is 1. The van der Waals surface area contributed by atoms with E-state index in [-0.39, 0.29) is 11.5 Å². The second kappa shape index (κ2) is 10.4. The van der Waals surface area contributed by atoms with Crippen LogP contribution in [0.15, 0.2) is 35.1 Å². The number of benzene rings is 1. The van der Waals surface area contributed by atoms with Gasteiger partial charge in [0.15, 0.2) is 0 Å². The Balaban J connectivity index is 1.21. The maximum absolute atomic E-state index is 12.6. The maximum Gasteiger partial charge on any atom is 0.259 e. The van der Waals surface area contributed by atoms with Crippen molar-refractivity contribution in [2.24, 2.45) is 0 Å². The summed E-state index contributed by atoms with van der Waals surface area (Å²) in [6.45, 7) is 2.27. The lowest BCUT2D eigenvalue weighted by atomic mass is 9.97. The van der Waals surface area contributed by atoms with E-state index in [2.05, 4.69) is 39.4 Å². The Morgan fingerprint density at radius 3 is 2.90 bits per heavy atom. The average molecular weight is 457 g/mol. The molecule has 1 aliphatic carbocycles. The molecule has 1 aromatic carbocycles. The number of nitrogens with zero attached hydrogens (tertiary/aromatic N) is 2. The van der Waals surface area contributed by atoms with E-state index in [1.165, 1.54) is 34.2 Å². The van der Waals surface area contributed by atoms with Gasteiger partial charge in [0, 0.05) is 24.5 Å². The molecular formula is C23H28N4O2S2. The van der Waals surface area contributed by atoms with Crippen molar-refractivity contribution >= 4 is 39.2 Å². The van der Waals surface area contributed by atoms with Crippen LogP contribution in [0, 0.1) is 0 Å². The zero-order valence-corrected chi connectivity index (χ0v) is 19.4. The van der Waals surface area contributed by atoms with Gasteiger partial charge in [0.1, 0.15) is 10.7 Å². The Kier molecular flexibility index (Phi) is 7.42. The van der Waals surface area contributed by atoms with E-state index in [0.29, 0.717) is 23.9 Å². The largest absolute Gasteiger partial charge is 0.354 e. The Bertz CT molecular complexity index is 1090. The van der Waals surface area contributed by atoms with E-state index < -0.39 is 0 Å². The number of rotatable bonds is 9. The van der Waals surface area contributed by atoms with Crippen LogP contribution in [0.25, 0.3) is 10.2 Å². The molecular weight excluding hydrogens is 428 g/mol. The van der Waals surface area contributed by atoms with E-state index >= 15 is 0 Å². The first kappa shape index (κ1) is 22.0. The third-order valence-electron chi connectivity index (χ3n) is 5.46. The third kappa shape index (κ3) is 5.75. The molecule has 1 amide bonds. The molecule has 31 heavy (non-hydrogen) atoms. The van der Waals surface area contributed by atoms with Crippen LogP contribution in [0.4, 0.5) is 0 Å². The number of fused-ring (bicyclic) bond motifs is 3. The van der Waals surface area contributed by atoms with Gasteiger partial charge in [-0.05, 0) is 43.9 Å². The molecule has 2 N–H and O–H groups in total. The second-order valence-corrected chi connectivity index (χ2v) is 10.0. The lowest BCUT2D eigenvalue weighted by molar-refractivity contribution is -0.118. The molecule has 0 unspecified atom stereocenters. The number of H-pyrrole nitrogens is 1. The Morgan fingerprint density at radius 1 is 1.26 bits per heavy atom. The smallest absolute Gasteiger partial charge is 0.259 e. The molecule has 3 aromatic rings. The van der Waals surface area contributed by atoms with E-state index in [0.717, 1.165) is 42.6 Å². The Hall–Kier alpha value is -2.16. The van der Waals surface area contributed by atoms with Crippen LogP contribution in [0.2, 0.25) is 0 Å². The highest BCUT2D eigenvalue weighted by Crippen LogP contribution is 2.33. The fourth-order valence-electron chi connectivity index (χ4n) is 3.93. The summed E-state index contributed by atoms with van der Waals surface area (Å²) in [7, 11) is 2.05. The maximum atomic E-state index is 12.6. The SMILES string of the molecule is CN(CCNC(=O)CSCc1nc2sc3c(c2c(=O)[nH]1)CCCC3)Cc1ccccc1. The molecule has 1 aliphatic rings. The number of carbonyl (C=O) groups excluding carboxylic acids is 1. The second-order valence-electron chi connectivity index (χ2n) is 7.97. The standard InChI is InChI=1S/C23H28N4O2S2/c1-27(13-16-7-3-2-4-8-16)12-11-24-20(28)15-30-14-19-25-22(29)21-17-9-5-6-10-18(17)31-23(21)26-19/h2-4,7-8H,5-6,9-15H2,1H3,(H,24,28)(H,25,26,29). The van der Waals surface area contributed by atoms with Crippen molar-refractivity contribution in [3.63, 3.8) is 0 Å². The van der Waals surface area contributed by atoms with Crippen LogP contribution in [0.3, 0.4) is 0 Å². The zero-order valence-electron chi connectivity index (χ0n) is 17.8. The first-order chi connectivity index (χ1) is 15.1. The highest BCUT2D eigenvalue weighted by Gasteiger charge is 2.19. The predicted molar refractivity (Wildman–Crippen MR) is 129 cm³/mol. The van der Waals surface area contributed by atoms with Gasteiger partial charge in [0.2, 0.25) is 5.91 Å². The third-order valence-corrected chi connectivity index (χ3v) is 7.59. The molecule has 0 saturated carbocycles. The molecule has 0 fully saturated rings. The van der Waals surface area contributed by atoms with Crippen LogP contribution in [-0.2, 0) is 29.9 Å². The quantitative estimate of drug-likeness (QED) is 0.516. The lowest BCUT2D eigenvalue weighted by Crippen LogP contribution is -2.33. The Morgan fingerprint density at radius 2 is 2.06 bits per heavy atom. The number of carbonyl (C=O) groups is 1. The van der Waals surface area contributed by atoms with Gasteiger partial charge in [0.25, 0.3) is 5.56 Å². The number of amides is 1. The number of aromatic nitrogens is 2. The number of hydrogen-bond acceptors (Lipinski definition) is 6. The van der Waals surface area contributed by atoms with Gasteiger partial charge in [-0.25, -0.2) is 4.98 Å². The minimum Gasteiger partial charge on any atom is -0.354 e. The van der Waals surface area contributed by atoms with E-state index in [4.69, 9.17) is 0 Å². The van der Waals surface area contributed by atoms with Gasteiger partial charge in [-0.2, -0.15) is 0 Å². The summed E-state index contributed by atoms with van der Waals surface area (Å²) in [4.78, 5) is 36.7. The summed E-state index contributed by atoms with van der Waals surface area (Å²) < 4.78 is 0. The monoisotopic (exact) mass is 456 g/mol. The van der Waals surface area contributed by atoms with Gasteiger partial charge in [-0.3, -0.25) is 9.59 Å². The lowest BCUT2D eigenvalue weighted by Gasteiger charge is -2.17. The molecule has 2 aromatic heterocycles. The van der Waals surface area contributed by atoms with Crippen LogP contribution in [-0.4, -0.2) is 46.7 Å². The van der Waals surface area contributed by atoms with Crippen molar-refractivity contribution in [3.05, 3.63) is 62.5 Å². The zero-order chi connectivity index (χ0) is 21.6. The molecule has 4 rings (SSSR count). The number of hydrogen-bond donors (Lipinski definition) is 2. The molecule has 0 radical (unpaired) electrons. The highest BCUT2D eigenvalue weighted by molar-refractivity contribution is 7.99. The van der Waals surface area contributed by atoms with Crippen molar-refractivity contribution in [2.75, 3.05) is 25.9 Å². The van der Waals surface area contributed by atoms with E-state index in [1.54, 1.807) is 11.3 Å². The summed E-state index contributed by atoms with van der Waals surface area (Å²) in [5.74, 6) is 1.53.